The van der Waals surface area contributed by atoms with E-state index in [9.17, 15) is 4.39 Å². The summed E-state index contributed by atoms with van der Waals surface area (Å²) in [5.74, 6) is 0.480. The number of nitrogens with zero attached hydrogens (tertiary/aromatic N) is 1. The van der Waals surface area contributed by atoms with Crippen molar-refractivity contribution >= 4 is 6.21 Å². The second-order valence-corrected chi connectivity index (χ2v) is 3.04. The van der Waals surface area contributed by atoms with Crippen molar-refractivity contribution in [3.05, 3.63) is 11.6 Å². The Balaban J connectivity index is 2.72. The first kappa shape index (κ1) is 9.83. The van der Waals surface area contributed by atoms with Crippen LogP contribution in [0.3, 0.4) is 0 Å². The van der Waals surface area contributed by atoms with Gasteiger partial charge in [0.05, 0.1) is 6.54 Å². The van der Waals surface area contributed by atoms with Gasteiger partial charge in [-0.3, -0.25) is 0 Å². The Morgan fingerprint density at radius 1 is 1.77 bits per heavy atom. The number of halogens is 1. The highest BCUT2D eigenvalue weighted by Crippen LogP contribution is 2.09. The fourth-order valence-electron chi connectivity index (χ4n) is 1.05. The summed E-state index contributed by atoms with van der Waals surface area (Å²) in [6, 6.07) is 0. The van der Waals surface area contributed by atoms with Crippen molar-refractivity contribution in [2.45, 2.75) is 6.17 Å². The molecule has 0 spiro atoms. The predicted octanol–water partition coefficient (Wildman–Crippen LogP) is 0.325. The molecule has 1 atom stereocenters. The summed E-state index contributed by atoms with van der Waals surface area (Å²) in [5, 5.41) is 9.93. The number of nitrogens with one attached hydrogen (secondary N) is 2. The van der Waals surface area contributed by atoms with E-state index >= 15 is 0 Å². The largest absolute Gasteiger partial charge is 0.475 e. The topological polar surface area (TPSA) is 48.4 Å². The average molecular weight is 187 g/mol. The second-order valence-electron chi connectivity index (χ2n) is 3.04. The maximum atomic E-state index is 12.6. The third-order valence-corrected chi connectivity index (χ3v) is 1.74. The van der Waals surface area contributed by atoms with E-state index in [1.54, 1.807) is 19.0 Å². The van der Waals surface area contributed by atoms with Crippen molar-refractivity contribution in [3.8, 4) is 0 Å². The molecular weight excluding hydrogens is 173 g/mol. The Morgan fingerprint density at radius 3 is 2.85 bits per heavy atom. The van der Waals surface area contributed by atoms with Crippen LogP contribution in [0.15, 0.2) is 11.6 Å². The first-order valence-electron chi connectivity index (χ1n) is 4.08. The molecule has 0 aliphatic carbocycles. The van der Waals surface area contributed by atoms with Crippen molar-refractivity contribution in [1.82, 2.24) is 10.2 Å². The lowest BCUT2D eigenvalue weighted by Crippen LogP contribution is -2.37. The molecule has 0 aromatic rings. The summed E-state index contributed by atoms with van der Waals surface area (Å²) in [7, 11) is 3.61. The smallest absolute Gasteiger partial charge is 0.212 e. The van der Waals surface area contributed by atoms with Crippen molar-refractivity contribution in [2.75, 3.05) is 27.2 Å². The van der Waals surface area contributed by atoms with Gasteiger partial charge in [0, 0.05) is 20.3 Å². The molecule has 1 aliphatic heterocycles. The number of allylic oxidation sites excluding steroid dienone is 1. The van der Waals surface area contributed by atoms with Gasteiger partial charge < -0.3 is 20.4 Å². The molecular formula is C8H14FN3O. The van der Waals surface area contributed by atoms with Gasteiger partial charge in [0.25, 0.3) is 0 Å². The molecule has 1 rings (SSSR count). The minimum absolute atomic E-state index is 0.0630. The van der Waals surface area contributed by atoms with Crippen LogP contribution in [0.5, 0.6) is 0 Å². The molecule has 74 valence electrons. The summed E-state index contributed by atoms with van der Waals surface area (Å²) in [6.45, 7) is 0.314. The minimum Gasteiger partial charge on any atom is -0.475 e. The standard InChI is InChI=1S/C8H14FN3O/c1-12(2)7(3-10)8-11-4-6(9)5-13-8/h3,6,10-11H,4-5H2,1-2H3/b8-7-,10-3?. The number of ether oxygens (including phenoxy) is 1. The summed E-state index contributed by atoms with van der Waals surface area (Å²) in [4.78, 5) is 1.74. The Labute approximate surface area is 76.9 Å². The highest BCUT2D eigenvalue weighted by Gasteiger charge is 2.18. The van der Waals surface area contributed by atoms with Gasteiger partial charge in [-0.15, -0.1) is 0 Å². The van der Waals surface area contributed by atoms with Crippen molar-refractivity contribution in [2.24, 2.45) is 0 Å². The van der Waals surface area contributed by atoms with E-state index in [1.807, 2.05) is 0 Å². The van der Waals surface area contributed by atoms with Gasteiger partial charge in [-0.05, 0) is 0 Å². The SMILES string of the molecule is CN(C)/C(C=N)=C1/NCC(F)CO1. The molecule has 0 radical (unpaired) electrons. The molecule has 1 aliphatic rings. The third-order valence-electron chi connectivity index (χ3n) is 1.74. The average Bonchev–Trinajstić information content (AvgIpc) is 2.09. The van der Waals surface area contributed by atoms with Gasteiger partial charge in [-0.2, -0.15) is 0 Å². The van der Waals surface area contributed by atoms with Crippen LogP contribution >= 0.6 is 0 Å². The molecule has 13 heavy (non-hydrogen) atoms. The van der Waals surface area contributed by atoms with Crippen LogP contribution < -0.4 is 5.32 Å². The zero-order chi connectivity index (χ0) is 9.84. The van der Waals surface area contributed by atoms with Crippen LogP contribution in [0.1, 0.15) is 0 Å². The van der Waals surface area contributed by atoms with Crippen LogP contribution in [-0.4, -0.2) is 44.5 Å². The van der Waals surface area contributed by atoms with Gasteiger partial charge in [-0.25, -0.2) is 4.39 Å². The van der Waals surface area contributed by atoms with E-state index in [4.69, 9.17) is 10.1 Å². The molecule has 4 nitrogen and oxygen atoms in total. The lowest BCUT2D eigenvalue weighted by molar-refractivity contribution is 0.0803. The fraction of sp³-hybridized carbons (Fsp3) is 0.625. The number of hydrogen-bond acceptors (Lipinski definition) is 4. The molecule has 0 saturated carbocycles. The summed E-state index contributed by atoms with van der Waals surface area (Å²) in [6.07, 6.45) is 0.221. The van der Waals surface area contributed by atoms with Gasteiger partial charge in [0.2, 0.25) is 5.88 Å². The lowest BCUT2D eigenvalue weighted by atomic mass is 10.3. The predicted molar refractivity (Wildman–Crippen MR) is 48.3 cm³/mol. The summed E-state index contributed by atoms with van der Waals surface area (Å²) < 4.78 is 17.7. The van der Waals surface area contributed by atoms with Crippen LogP contribution in [0, 0.1) is 5.41 Å². The van der Waals surface area contributed by atoms with Gasteiger partial charge >= 0.3 is 0 Å². The molecule has 5 heteroatoms. The Bertz CT molecular complexity index is 217. The Kier molecular flexibility index (Phi) is 3.11. The molecule has 1 unspecified atom stereocenters. The molecule has 1 fully saturated rings. The van der Waals surface area contributed by atoms with Crippen LogP contribution in [0.2, 0.25) is 0 Å². The molecule has 2 N–H and O–H groups in total. The van der Waals surface area contributed by atoms with Crippen LogP contribution in [0.25, 0.3) is 0 Å². The number of hydrogen-bond donors (Lipinski definition) is 2. The quantitative estimate of drug-likeness (QED) is 0.612. The highest BCUT2D eigenvalue weighted by atomic mass is 19.1. The Morgan fingerprint density at radius 2 is 2.46 bits per heavy atom. The lowest BCUT2D eigenvalue weighted by Gasteiger charge is -2.25. The van der Waals surface area contributed by atoms with E-state index in [2.05, 4.69) is 5.32 Å². The fourth-order valence-corrected chi connectivity index (χ4v) is 1.05. The number of alkyl halides is 1. The molecule has 1 heterocycles. The maximum absolute atomic E-state index is 12.6. The van der Waals surface area contributed by atoms with Crippen LogP contribution in [-0.2, 0) is 4.74 Å². The van der Waals surface area contributed by atoms with Crippen molar-refractivity contribution < 1.29 is 9.13 Å². The van der Waals surface area contributed by atoms with E-state index in [0.29, 0.717) is 11.6 Å². The molecule has 0 aromatic heterocycles. The molecule has 0 bridgehead atoms. The van der Waals surface area contributed by atoms with Crippen molar-refractivity contribution in [1.29, 1.82) is 5.41 Å². The number of rotatable bonds is 2. The van der Waals surface area contributed by atoms with Crippen LogP contribution in [0.4, 0.5) is 4.39 Å². The van der Waals surface area contributed by atoms with E-state index in [0.717, 1.165) is 0 Å². The third kappa shape index (κ3) is 2.34. The monoisotopic (exact) mass is 187 g/mol. The van der Waals surface area contributed by atoms with Crippen molar-refractivity contribution in [3.63, 3.8) is 0 Å². The minimum atomic E-state index is -0.960. The molecule has 0 amide bonds. The maximum Gasteiger partial charge on any atom is 0.212 e. The zero-order valence-electron chi connectivity index (χ0n) is 7.80. The molecule has 1 saturated heterocycles. The summed E-state index contributed by atoms with van der Waals surface area (Å²) in [5.41, 5.74) is 0.618. The van der Waals surface area contributed by atoms with E-state index in [-0.39, 0.29) is 13.2 Å². The first-order valence-corrected chi connectivity index (χ1v) is 4.08. The van der Waals surface area contributed by atoms with E-state index < -0.39 is 6.17 Å². The first-order chi connectivity index (χ1) is 6.15. The van der Waals surface area contributed by atoms with Gasteiger partial charge in [0.1, 0.15) is 12.3 Å². The second kappa shape index (κ2) is 4.11. The zero-order valence-corrected chi connectivity index (χ0v) is 7.80. The molecule has 0 aromatic carbocycles. The Hall–Kier alpha value is -1.26. The van der Waals surface area contributed by atoms with Gasteiger partial charge in [-0.1, -0.05) is 0 Å². The summed E-state index contributed by atoms with van der Waals surface area (Å²) >= 11 is 0. The normalized spacial score (nSPS) is 25.6. The van der Waals surface area contributed by atoms with E-state index in [1.165, 1.54) is 6.21 Å². The highest BCUT2D eigenvalue weighted by molar-refractivity contribution is 5.75. The van der Waals surface area contributed by atoms with Gasteiger partial charge in [0.15, 0.2) is 6.17 Å².